The monoisotopic (exact) mass is 442 g/mol. The highest BCUT2D eigenvalue weighted by molar-refractivity contribution is 7.92. The zero-order chi connectivity index (χ0) is 21.8. The normalized spacial score (nSPS) is 26.6. The van der Waals surface area contributed by atoms with Crippen LogP contribution in [0.5, 0.6) is 0 Å². The maximum Gasteiger partial charge on any atom is 0.310 e. The summed E-state index contributed by atoms with van der Waals surface area (Å²) >= 11 is 0. The van der Waals surface area contributed by atoms with E-state index in [1.165, 1.54) is 28.6 Å². The quantitative estimate of drug-likeness (QED) is 0.734. The summed E-state index contributed by atoms with van der Waals surface area (Å²) in [6.07, 6.45) is 1.17. The first kappa shape index (κ1) is 20.0. The van der Waals surface area contributed by atoms with Crippen LogP contribution in [0.25, 0.3) is 0 Å². The Morgan fingerprint density at radius 3 is 2.39 bits per heavy atom. The molecule has 0 unspecified atom stereocenters. The van der Waals surface area contributed by atoms with E-state index in [1.54, 1.807) is 6.07 Å². The van der Waals surface area contributed by atoms with Crippen molar-refractivity contribution in [1.29, 1.82) is 0 Å². The molecule has 2 saturated heterocycles. The third-order valence-corrected chi connectivity index (χ3v) is 8.24. The van der Waals surface area contributed by atoms with Gasteiger partial charge in [-0.1, -0.05) is 18.2 Å². The number of nitrogens with one attached hydrogen (secondary N) is 1. The number of anilines is 2. The number of aliphatic carboxylic acids is 1. The molecule has 1 amide bonds. The van der Waals surface area contributed by atoms with Gasteiger partial charge < -0.3 is 15.2 Å². The van der Waals surface area contributed by atoms with Gasteiger partial charge in [-0.15, -0.1) is 0 Å². The Hall–Kier alpha value is -2.91. The van der Waals surface area contributed by atoms with Crippen molar-refractivity contribution >= 4 is 33.3 Å². The van der Waals surface area contributed by atoms with E-state index in [9.17, 15) is 23.1 Å². The number of hydrogen-bond donors (Lipinski definition) is 2. The van der Waals surface area contributed by atoms with Crippen molar-refractivity contribution in [1.82, 2.24) is 0 Å². The maximum atomic E-state index is 13.1. The highest BCUT2D eigenvalue weighted by Gasteiger charge is 2.55. The summed E-state index contributed by atoms with van der Waals surface area (Å²) in [5, 5.41) is 12.2. The Morgan fingerprint density at radius 1 is 1.00 bits per heavy atom. The first-order chi connectivity index (χ1) is 14.9. The number of nitrogens with zero attached hydrogens (tertiary/aromatic N) is 1. The van der Waals surface area contributed by atoms with E-state index in [2.05, 4.69) is 5.32 Å². The molecule has 0 radical (unpaired) electrons. The van der Waals surface area contributed by atoms with Crippen molar-refractivity contribution in [2.24, 2.45) is 11.8 Å². The Morgan fingerprint density at radius 2 is 1.68 bits per heavy atom. The molecule has 8 nitrogen and oxygen atoms in total. The number of carbonyl (C=O) groups excluding carboxylic acids is 1. The fraction of sp³-hybridized carbons (Fsp3) is 0.364. The van der Waals surface area contributed by atoms with Gasteiger partial charge >= 0.3 is 5.97 Å². The van der Waals surface area contributed by atoms with Gasteiger partial charge in [-0.3, -0.25) is 13.9 Å². The summed E-state index contributed by atoms with van der Waals surface area (Å²) in [5.41, 5.74) is 2.10. The Bertz CT molecular complexity index is 1150. The second kappa shape index (κ2) is 7.35. The minimum Gasteiger partial charge on any atom is -0.481 e. The van der Waals surface area contributed by atoms with Gasteiger partial charge in [0.15, 0.2) is 0 Å². The molecule has 162 valence electrons. The molecule has 3 aliphatic heterocycles. The molecule has 31 heavy (non-hydrogen) atoms. The van der Waals surface area contributed by atoms with Gasteiger partial charge in [-0.05, 0) is 55.2 Å². The average Bonchev–Trinajstić information content (AvgIpc) is 3.48. The van der Waals surface area contributed by atoms with E-state index in [1.807, 2.05) is 18.2 Å². The van der Waals surface area contributed by atoms with Crippen molar-refractivity contribution in [3.63, 3.8) is 0 Å². The molecule has 0 spiro atoms. The van der Waals surface area contributed by atoms with Crippen LogP contribution in [0, 0.1) is 11.8 Å². The lowest BCUT2D eigenvalue weighted by Gasteiger charge is -2.24. The highest BCUT2D eigenvalue weighted by Crippen LogP contribution is 2.44. The van der Waals surface area contributed by atoms with Crippen LogP contribution in [0.1, 0.15) is 18.4 Å². The summed E-state index contributed by atoms with van der Waals surface area (Å²) in [4.78, 5) is 24.5. The van der Waals surface area contributed by atoms with Crippen LogP contribution in [0.2, 0.25) is 0 Å². The number of sulfonamides is 1. The summed E-state index contributed by atoms with van der Waals surface area (Å²) in [7, 11) is -3.72. The molecular formula is C22H22N2O6S. The second-order valence-electron chi connectivity index (χ2n) is 8.15. The standard InChI is InChI=1S/C22H22N2O6S/c25-21(19-17-9-10-18(30-17)20(19)22(26)27)23-14-5-7-15(8-6-14)31(28,29)24-12-11-13-3-1-2-4-16(13)24/h1-8,17-20H,9-12H2,(H,23,25)(H,26,27)/t17-,18+,19+,20+/m1/s1. The minimum absolute atomic E-state index is 0.133. The molecule has 3 aliphatic rings. The molecule has 5 rings (SSSR count). The molecule has 9 heteroatoms. The Labute approximate surface area is 179 Å². The fourth-order valence-corrected chi connectivity index (χ4v) is 6.45. The van der Waals surface area contributed by atoms with Crippen LogP contribution in [0.15, 0.2) is 53.4 Å². The fourth-order valence-electron chi connectivity index (χ4n) is 4.95. The number of hydrogen-bond acceptors (Lipinski definition) is 5. The van der Waals surface area contributed by atoms with Gasteiger partial charge in [0.1, 0.15) is 0 Å². The van der Waals surface area contributed by atoms with Gasteiger partial charge in [-0.25, -0.2) is 8.42 Å². The molecule has 0 aliphatic carbocycles. The number of para-hydroxylation sites is 1. The Balaban J connectivity index is 1.33. The average molecular weight is 442 g/mol. The molecule has 4 atom stereocenters. The van der Waals surface area contributed by atoms with Crippen LogP contribution in [-0.4, -0.2) is 44.2 Å². The molecule has 2 aromatic rings. The number of amides is 1. The summed E-state index contributed by atoms with van der Waals surface area (Å²) in [5.74, 6) is -3.04. The second-order valence-corrected chi connectivity index (χ2v) is 10.0. The molecule has 0 aromatic heterocycles. The lowest BCUT2D eigenvalue weighted by atomic mass is 9.78. The molecule has 0 saturated carbocycles. The number of ether oxygens (including phenoxy) is 1. The maximum absolute atomic E-state index is 13.1. The smallest absolute Gasteiger partial charge is 0.310 e. The number of fused-ring (bicyclic) bond motifs is 3. The van der Waals surface area contributed by atoms with E-state index in [0.717, 1.165) is 5.56 Å². The van der Waals surface area contributed by atoms with Gasteiger partial charge in [0, 0.05) is 12.2 Å². The zero-order valence-corrected chi connectivity index (χ0v) is 17.4. The third kappa shape index (κ3) is 3.28. The largest absolute Gasteiger partial charge is 0.481 e. The Kier molecular flexibility index (Phi) is 4.75. The van der Waals surface area contributed by atoms with Gasteiger partial charge in [0.25, 0.3) is 10.0 Å². The van der Waals surface area contributed by atoms with Crippen molar-refractivity contribution in [3.05, 3.63) is 54.1 Å². The zero-order valence-electron chi connectivity index (χ0n) is 16.6. The van der Waals surface area contributed by atoms with E-state index >= 15 is 0 Å². The molecular weight excluding hydrogens is 420 g/mol. The van der Waals surface area contributed by atoms with Gasteiger partial charge in [0.2, 0.25) is 5.91 Å². The lowest BCUT2D eigenvalue weighted by Crippen LogP contribution is -2.40. The van der Waals surface area contributed by atoms with Crippen molar-refractivity contribution in [2.75, 3.05) is 16.2 Å². The minimum atomic E-state index is -3.72. The van der Waals surface area contributed by atoms with Crippen molar-refractivity contribution < 1.29 is 27.9 Å². The summed E-state index contributed by atoms with van der Waals surface area (Å²) < 4.78 is 33.2. The third-order valence-electron chi connectivity index (χ3n) is 6.42. The highest BCUT2D eigenvalue weighted by atomic mass is 32.2. The number of carboxylic acid groups (broad SMARTS) is 1. The predicted molar refractivity (Wildman–Crippen MR) is 112 cm³/mol. The summed E-state index contributed by atoms with van der Waals surface area (Å²) in [6.45, 7) is 0.390. The van der Waals surface area contributed by atoms with Crippen LogP contribution < -0.4 is 9.62 Å². The molecule has 3 heterocycles. The van der Waals surface area contributed by atoms with E-state index < -0.39 is 39.8 Å². The van der Waals surface area contributed by atoms with Crippen LogP contribution in [-0.2, 0) is 30.8 Å². The number of carbonyl (C=O) groups is 2. The molecule has 2 N–H and O–H groups in total. The van der Waals surface area contributed by atoms with E-state index in [4.69, 9.17) is 4.74 Å². The first-order valence-corrected chi connectivity index (χ1v) is 11.7. The number of rotatable bonds is 5. The number of carboxylic acids is 1. The predicted octanol–water partition coefficient (Wildman–Crippen LogP) is 2.25. The van der Waals surface area contributed by atoms with Crippen molar-refractivity contribution in [3.8, 4) is 0 Å². The SMILES string of the molecule is O=C(O)[C@@H]1[C@@H](C(=O)Nc2ccc(S(=O)(=O)N3CCc4ccccc43)cc2)[C@H]2CC[C@@H]1O2. The van der Waals surface area contributed by atoms with Crippen LogP contribution >= 0.6 is 0 Å². The summed E-state index contributed by atoms with van der Waals surface area (Å²) in [6, 6.07) is 13.4. The van der Waals surface area contributed by atoms with Gasteiger partial charge in [0.05, 0.1) is 34.6 Å². The lowest BCUT2D eigenvalue weighted by molar-refractivity contribution is -0.147. The number of benzene rings is 2. The van der Waals surface area contributed by atoms with Crippen LogP contribution in [0.3, 0.4) is 0 Å². The molecule has 2 fully saturated rings. The van der Waals surface area contributed by atoms with Gasteiger partial charge in [-0.2, -0.15) is 0 Å². The molecule has 2 bridgehead atoms. The van der Waals surface area contributed by atoms with E-state index in [-0.39, 0.29) is 11.0 Å². The van der Waals surface area contributed by atoms with Crippen LogP contribution in [0.4, 0.5) is 11.4 Å². The van der Waals surface area contributed by atoms with Crippen molar-refractivity contribution in [2.45, 2.75) is 36.4 Å². The van der Waals surface area contributed by atoms with E-state index in [0.29, 0.717) is 37.2 Å². The topological polar surface area (TPSA) is 113 Å². The first-order valence-electron chi connectivity index (χ1n) is 10.3. The molecule has 2 aromatic carbocycles.